The van der Waals surface area contributed by atoms with Crippen molar-refractivity contribution in [3.63, 3.8) is 0 Å². The zero-order valence-electron chi connectivity index (χ0n) is 22.5. The van der Waals surface area contributed by atoms with E-state index in [2.05, 4.69) is 15.6 Å². The Morgan fingerprint density at radius 2 is 1.54 bits per heavy atom. The summed E-state index contributed by atoms with van der Waals surface area (Å²) in [5.41, 5.74) is 8.40. The summed E-state index contributed by atoms with van der Waals surface area (Å²) >= 11 is 0. The Morgan fingerprint density at radius 3 is 2.21 bits per heavy atom. The smallest absolute Gasteiger partial charge is 0.245 e. The summed E-state index contributed by atoms with van der Waals surface area (Å²) < 4.78 is 21.3. The fourth-order valence-corrected chi connectivity index (χ4v) is 3.99. The first kappa shape index (κ1) is 28.8. The van der Waals surface area contributed by atoms with Crippen LogP contribution in [-0.4, -0.2) is 52.3 Å². The molecule has 39 heavy (non-hydrogen) atoms. The van der Waals surface area contributed by atoms with E-state index in [0.29, 0.717) is 28.6 Å². The second-order valence-corrected chi connectivity index (χ2v) is 8.50. The van der Waals surface area contributed by atoms with E-state index in [-0.39, 0.29) is 37.2 Å². The predicted octanol–water partition coefficient (Wildman–Crippen LogP) is 2.62. The van der Waals surface area contributed by atoms with Gasteiger partial charge in [-0.1, -0.05) is 48.5 Å². The van der Waals surface area contributed by atoms with Crippen LogP contribution in [-0.2, 0) is 29.0 Å². The van der Waals surface area contributed by atoms with Gasteiger partial charge in [-0.05, 0) is 29.3 Å². The molecule has 10 nitrogen and oxygen atoms in total. The van der Waals surface area contributed by atoms with Crippen LogP contribution in [0.5, 0.6) is 23.0 Å². The minimum Gasteiger partial charge on any atom is -0.493 e. The van der Waals surface area contributed by atoms with E-state index in [1.807, 2.05) is 42.5 Å². The highest BCUT2D eigenvalue weighted by atomic mass is 16.5. The maximum atomic E-state index is 13.2. The number of nitrogens with zero attached hydrogens (tertiary/aromatic N) is 1. The van der Waals surface area contributed by atoms with Gasteiger partial charge in [-0.3, -0.25) is 14.9 Å². The summed E-state index contributed by atoms with van der Waals surface area (Å²) in [5, 5.41) is 5.46. The van der Waals surface area contributed by atoms with E-state index in [1.165, 1.54) is 21.3 Å². The molecule has 0 heterocycles. The first-order valence-corrected chi connectivity index (χ1v) is 12.2. The Balaban J connectivity index is 1.73. The highest BCUT2D eigenvalue weighted by Crippen LogP contribution is 2.30. The quantitative estimate of drug-likeness (QED) is 0.240. The summed E-state index contributed by atoms with van der Waals surface area (Å²) in [5.74, 6) is 1.26. The molecule has 0 saturated heterocycles. The molecule has 0 saturated carbocycles. The van der Waals surface area contributed by atoms with E-state index in [9.17, 15) is 9.59 Å². The number of aliphatic imine (C=N–C) groups is 1. The van der Waals surface area contributed by atoms with Gasteiger partial charge in [0.05, 0.1) is 34.9 Å². The molecule has 206 valence electrons. The van der Waals surface area contributed by atoms with E-state index >= 15 is 0 Å². The second-order valence-electron chi connectivity index (χ2n) is 8.50. The average molecular weight is 535 g/mol. The molecule has 3 aromatic rings. The number of carbonyl (C=O) groups is 2. The van der Waals surface area contributed by atoms with Gasteiger partial charge < -0.3 is 30.0 Å². The molecular weight excluding hydrogens is 500 g/mol. The number of ether oxygens (including phenoxy) is 4. The van der Waals surface area contributed by atoms with Gasteiger partial charge >= 0.3 is 0 Å². The Hall–Kier alpha value is -4.73. The van der Waals surface area contributed by atoms with Gasteiger partial charge in [-0.2, -0.15) is 0 Å². The molecule has 3 aromatic carbocycles. The van der Waals surface area contributed by atoms with E-state index in [1.54, 1.807) is 31.4 Å². The lowest BCUT2D eigenvalue weighted by Crippen LogP contribution is -2.42. The summed E-state index contributed by atoms with van der Waals surface area (Å²) in [7, 11) is 6.15. The van der Waals surface area contributed by atoms with Crippen LogP contribution in [0.15, 0.2) is 71.7 Å². The number of carbonyl (C=O) groups excluding carboxylic acids is 2. The molecule has 2 amide bonds. The lowest BCUT2D eigenvalue weighted by Gasteiger charge is -2.17. The van der Waals surface area contributed by atoms with Gasteiger partial charge in [0, 0.05) is 18.5 Å². The fourth-order valence-electron chi connectivity index (χ4n) is 3.99. The normalized spacial score (nSPS) is 11.7. The van der Waals surface area contributed by atoms with Gasteiger partial charge in [0.15, 0.2) is 29.0 Å². The molecule has 1 unspecified atom stereocenters. The maximum Gasteiger partial charge on any atom is 0.245 e. The molecule has 0 fully saturated rings. The number of nitrogens with two attached hydrogens (primary N) is 1. The minimum atomic E-state index is -0.884. The van der Waals surface area contributed by atoms with Crippen LogP contribution >= 0.6 is 0 Å². The van der Waals surface area contributed by atoms with Crippen molar-refractivity contribution < 1.29 is 28.5 Å². The van der Waals surface area contributed by atoms with E-state index in [0.717, 1.165) is 11.1 Å². The zero-order chi connectivity index (χ0) is 28.2. The van der Waals surface area contributed by atoms with Gasteiger partial charge in [-0.15, -0.1) is 0 Å². The first-order valence-electron chi connectivity index (χ1n) is 12.2. The van der Waals surface area contributed by atoms with Crippen molar-refractivity contribution in [3.05, 3.63) is 83.4 Å². The third-order valence-electron chi connectivity index (χ3n) is 5.89. The zero-order valence-corrected chi connectivity index (χ0v) is 22.5. The number of nitrogens with one attached hydrogen (secondary N) is 2. The second kappa shape index (κ2) is 14.3. The van der Waals surface area contributed by atoms with Gasteiger partial charge in [0.25, 0.3) is 0 Å². The van der Waals surface area contributed by atoms with Crippen LogP contribution < -0.4 is 35.3 Å². The summed E-state index contributed by atoms with van der Waals surface area (Å²) in [6.07, 6.45) is 0.315. The Bertz CT molecular complexity index is 1300. The summed E-state index contributed by atoms with van der Waals surface area (Å²) in [6, 6.07) is 19.2. The highest BCUT2D eigenvalue weighted by Gasteiger charge is 2.20. The lowest BCUT2D eigenvalue weighted by atomic mass is 10.1. The maximum absolute atomic E-state index is 13.2. The monoisotopic (exact) mass is 534 g/mol. The SMILES string of the molecule is COc1ccc(CC(=O)NC(N)=NC(Cc2ccccc2)C(=O)NCc2cccc(OC)c2OC)cc1OC. The first-order chi connectivity index (χ1) is 18.9. The molecular formula is C29H34N4O6. The summed E-state index contributed by atoms with van der Waals surface area (Å²) in [6.45, 7) is 0.186. The van der Waals surface area contributed by atoms with Crippen LogP contribution in [0.1, 0.15) is 16.7 Å². The third-order valence-corrected chi connectivity index (χ3v) is 5.89. The van der Waals surface area contributed by atoms with Crippen molar-refractivity contribution in [2.75, 3.05) is 28.4 Å². The fraction of sp³-hybridized carbons (Fsp3) is 0.276. The molecule has 0 bridgehead atoms. The molecule has 3 rings (SSSR count). The van der Waals surface area contributed by atoms with E-state index < -0.39 is 6.04 Å². The van der Waals surface area contributed by atoms with Crippen LogP contribution in [0.2, 0.25) is 0 Å². The number of guanidine groups is 1. The molecule has 1 atom stereocenters. The molecule has 10 heteroatoms. The Labute approximate surface area is 228 Å². The molecule has 0 spiro atoms. The topological polar surface area (TPSA) is 134 Å². The molecule has 0 aliphatic heterocycles. The van der Waals surface area contributed by atoms with Crippen LogP contribution in [0.25, 0.3) is 0 Å². The number of amides is 2. The number of rotatable bonds is 12. The van der Waals surface area contributed by atoms with Crippen molar-refractivity contribution >= 4 is 17.8 Å². The molecule has 0 aromatic heterocycles. The van der Waals surface area contributed by atoms with E-state index in [4.69, 9.17) is 24.7 Å². The number of hydrogen-bond acceptors (Lipinski definition) is 7. The number of para-hydroxylation sites is 1. The predicted molar refractivity (Wildman–Crippen MR) is 148 cm³/mol. The average Bonchev–Trinajstić information content (AvgIpc) is 2.95. The Morgan fingerprint density at radius 1 is 0.821 bits per heavy atom. The summed E-state index contributed by atoms with van der Waals surface area (Å²) in [4.78, 5) is 30.2. The number of hydrogen-bond donors (Lipinski definition) is 3. The van der Waals surface area contributed by atoms with Crippen molar-refractivity contribution in [1.29, 1.82) is 0 Å². The Kier molecular flexibility index (Phi) is 10.6. The van der Waals surface area contributed by atoms with Gasteiger partial charge in [-0.25, -0.2) is 4.99 Å². The number of benzene rings is 3. The van der Waals surface area contributed by atoms with Crippen molar-refractivity contribution in [2.45, 2.75) is 25.4 Å². The van der Waals surface area contributed by atoms with Crippen LogP contribution in [0, 0.1) is 0 Å². The minimum absolute atomic E-state index is 0.0295. The number of methoxy groups -OCH3 is 4. The van der Waals surface area contributed by atoms with Crippen LogP contribution in [0.3, 0.4) is 0 Å². The third kappa shape index (κ3) is 8.13. The van der Waals surface area contributed by atoms with Crippen LogP contribution in [0.4, 0.5) is 0 Å². The molecule has 4 N–H and O–H groups in total. The van der Waals surface area contributed by atoms with Crippen molar-refractivity contribution in [2.24, 2.45) is 10.7 Å². The molecule has 0 radical (unpaired) electrons. The standard InChI is InChI=1S/C29H34N4O6/c1-36-23-14-13-20(16-25(23)38-3)17-26(34)33-29(30)32-22(15-19-9-6-5-7-10-19)28(35)31-18-21-11-8-12-24(37-2)27(21)39-4/h5-14,16,22H,15,17-18H2,1-4H3,(H,31,35)(H3,30,32,33,34). The van der Waals surface area contributed by atoms with Gasteiger partial charge in [0.2, 0.25) is 11.8 Å². The molecule has 0 aliphatic rings. The van der Waals surface area contributed by atoms with Crippen molar-refractivity contribution in [3.8, 4) is 23.0 Å². The molecule has 0 aliphatic carbocycles. The highest BCUT2D eigenvalue weighted by molar-refractivity contribution is 5.98. The lowest BCUT2D eigenvalue weighted by molar-refractivity contribution is -0.122. The van der Waals surface area contributed by atoms with Gasteiger partial charge in [0.1, 0.15) is 6.04 Å². The van der Waals surface area contributed by atoms with Crippen molar-refractivity contribution in [1.82, 2.24) is 10.6 Å². The largest absolute Gasteiger partial charge is 0.493 e.